The van der Waals surface area contributed by atoms with Gasteiger partial charge in [-0.05, 0) is 0 Å². The van der Waals surface area contributed by atoms with Crippen LogP contribution < -0.4 is 5.73 Å². The number of nitrogens with zero attached hydrogens (tertiary/aromatic N) is 2. The molecular weight excluding hydrogens is 200 g/mol. The van der Waals surface area contributed by atoms with Crippen LogP contribution >= 0.6 is 0 Å². The van der Waals surface area contributed by atoms with Gasteiger partial charge in [-0.25, -0.2) is 0 Å². The van der Waals surface area contributed by atoms with Crippen molar-refractivity contribution < 1.29 is 0 Å². The van der Waals surface area contributed by atoms with Crippen molar-refractivity contribution in [2.45, 2.75) is 6.42 Å². The first-order valence-corrected chi connectivity index (χ1v) is 5.07. The standard InChI is InChI=1S/C12H14N4/c1-16-8-10(7-11(13)14)12(15-16)9-5-3-2-4-6-9/h2-6,8H,7H2,1H3,(H3,13,14). The zero-order valence-corrected chi connectivity index (χ0v) is 9.14. The maximum Gasteiger partial charge on any atom is 0.0959 e. The average Bonchev–Trinajstić information content (AvgIpc) is 2.60. The van der Waals surface area contributed by atoms with Crippen molar-refractivity contribution in [3.63, 3.8) is 0 Å². The van der Waals surface area contributed by atoms with Crippen molar-refractivity contribution in [3.05, 3.63) is 42.1 Å². The van der Waals surface area contributed by atoms with Gasteiger partial charge >= 0.3 is 0 Å². The highest BCUT2D eigenvalue weighted by atomic mass is 15.2. The number of amidine groups is 1. The van der Waals surface area contributed by atoms with E-state index in [2.05, 4.69) is 5.10 Å². The highest BCUT2D eigenvalue weighted by Crippen LogP contribution is 2.21. The predicted molar refractivity (Wildman–Crippen MR) is 64.3 cm³/mol. The zero-order valence-electron chi connectivity index (χ0n) is 9.14. The van der Waals surface area contributed by atoms with Gasteiger partial charge < -0.3 is 5.73 Å². The molecule has 0 aliphatic rings. The van der Waals surface area contributed by atoms with E-state index in [0.717, 1.165) is 16.8 Å². The number of aryl methyl sites for hydroxylation is 1. The van der Waals surface area contributed by atoms with E-state index in [-0.39, 0.29) is 5.84 Å². The molecule has 0 saturated heterocycles. The minimum absolute atomic E-state index is 0.158. The first-order chi connectivity index (χ1) is 7.66. The van der Waals surface area contributed by atoms with E-state index in [1.807, 2.05) is 43.6 Å². The van der Waals surface area contributed by atoms with Crippen molar-refractivity contribution >= 4 is 5.84 Å². The highest BCUT2D eigenvalue weighted by Gasteiger charge is 2.10. The van der Waals surface area contributed by atoms with Gasteiger partial charge in [0.1, 0.15) is 0 Å². The smallest absolute Gasteiger partial charge is 0.0959 e. The molecule has 0 unspecified atom stereocenters. The van der Waals surface area contributed by atoms with Crippen molar-refractivity contribution in [1.29, 1.82) is 5.41 Å². The third-order valence-electron chi connectivity index (χ3n) is 2.33. The maximum atomic E-state index is 7.34. The summed E-state index contributed by atoms with van der Waals surface area (Å²) in [4.78, 5) is 0. The van der Waals surface area contributed by atoms with Crippen molar-refractivity contribution in [2.24, 2.45) is 12.8 Å². The van der Waals surface area contributed by atoms with Gasteiger partial charge in [0.15, 0.2) is 0 Å². The summed E-state index contributed by atoms with van der Waals surface area (Å²) in [5, 5.41) is 11.7. The summed E-state index contributed by atoms with van der Waals surface area (Å²) in [6.45, 7) is 0. The third kappa shape index (κ3) is 2.11. The van der Waals surface area contributed by atoms with Crippen LogP contribution in [0.2, 0.25) is 0 Å². The lowest BCUT2D eigenvalue weighted by molar-refractivity contribution is 0.770. The summed E-state index contributed by atoms with van der Waals surface area (Å²) in [6, 6.07) is 9.93. The molecule has 1 aromatic heterocycles. The van der Waals surface area contributed by atoms with Gasteiger partial charge in [-0.1, -0.05) is 30.3 Å². The summed E-state index contributed by atoms with van der Waals surface area (Å²) >= 11 is 0. The number of aromatic nitrogens is 2. The van der Waals surface area contributed by atoms with E-state index in [1.54, 1.807) is 4.68 Å². The Kier molecular flexibility index (Phi) is 2.72. The predicted octanol–water partition coefficient (Wildman–Crippen LogP) is 1.57. The van der Waals surface area contributed by atoms with E-state index < -0.39 is 0 Å². The molecule has 4 nitrogen and oxygen atoms in total. The molecule has 0 saturated carbocycles. The Hall–Kier alpha value is -2.10. The molecule has 0 aliphatic heterocycles. The molecule has 2 rings (SSSR count). The van der Waals surface area contributed by atoms with Gasteiger partial charge in [-0.15, -0.1) is 0 Å². The summed E-state index contributed by atoms with van der Waals surface area (Å²) in [7, 11) is 1.87. The summed E-state index contributed by atoms with van der Waals surface area (Å²) in [5.74, 6) is 0.158. The number of nitrogens with two attached hydrogens (primary N) is 1. The normalized spacial score (nSPS) is 10.3. The molecular formula is C12H14N4. The van der Waals surface area contributed by atoms with Gasteiger partial charge in [0.2, 0.25) is 0 Å². The SMILES string of the molecule is Cn1cc(CC(=N)N)c(-c2ccccc2)n1. The lowest BCUT2D eigenvalue weighted by atomic mass is 10.1. The maximum absolute atomic E-state index is 7.34. The Balaban J connectivity index is 2.44. The quantitative estimate of drug-likeness (QED) is 0.601. The van der Waals surface area contributed by atoms with Crippen LogP contribution in [-0.2, 0) is 13.5 Å². The summed E-state index contributed by atoms with van der Waals surface area (Å²) in [6.07, 6.45) is 2.35. The fourth-order valence-electron chi connectivity index (χ4n) is 1.71. The fraction of sp³-hybridized carbons (Fsp3) is 0.167. The molecule has 0 atom stereocenters. The number of hydrogen-bond donors (Lipinski definition) is 2. The van der Waals surface area contributed by atoms with Crippen LogP contribution in [0.1, 0.15) is 5.56 Å². The lowest BCUT2D eigenvalue weighted by Gasteiger charge is -2.00. The van der Waals surface area contributed by atoms with Crippen molar-refractivity contribution in [1.82, 2.24) is 9.78 Å². The minimum Gasteiger partial charge on any atom is -0.387 e. The zero-order chi connectivity index (χ0) is 11.5. The van der Waals surface area contributed by atoms with Crippen LogP contribution in [0.4, 0.5) is 0 Å². The van der Waals surface area contributed by atoms with Crippen LogP contribution in [-0.4, -0.2) is 15.6 Å². The van der Waals surface area contributed by atoms with E-state index >= 15 is 0 Å². The average molecular weight is 214 g/mol. The molecule has 0 fully saturated rings. The van der Waals surface area contributed by atoms with Gasteiger partial charge in [-0.3, -0.25) is 10.1 Å². The molecule has 4 heteroatoms. The molecule has 0 aliphatic carbocycles. The van der Waals surface area contributed by atoms with E-state index in [0.29, 0.717) is 6.42 Å². The second kappa shape index (κ2) is 4.18. The molecule has 0 bridgehead atoms. The molecule has 3 N–H and O–H groups in total. The topological polar surface area (TPSA) is 67.7 Å². The third-order valence-corrected chi connectivity index (χ3v) is 2.33. The summed E-state index contributed by atoms with van der Waals surface area (Å²) in [5.41, 5.74) is 8.37. The van der Waals surface area contributed by atoms with Crippen LogP contribution in [0.3, 0.4) is 0 Å². The molecule has 0 radical (unpaired) electrons. The number of nitrogens with one attached hydrogen (secondary N) is 1. The minimum atomic E-state index is 0.158. The molecule has 16 heavy (non-hydrogen) atoms. The van der Waals surface area contributed by atoms with Crippen molar-refractivity contribution in [3.8, 4) is 11.3 Å². The molecule has 2 aromatic rings. The number of hydrogen-bond acceptors (Lipinski definition) is 2. The number of rotatable bonds is 3. The van der Waals surface area contributed by atoms with Crippen LogP contribution in [0.25, 0.3) is 11.3 Å². The Morgan fingerprint density at radius 2 is 2.06 bits per heavy atom. The van der Waals surface area contributed by atoms with Crippen molar-refractivity contribution in [2.75, 3.05) is 0 Å². The molecule has 1 aromatic carbocycles. The Bertz CT molecular complexity index is 499. The second-order valence-electron chi connectivity index (χ2n) is 3.74. The highest BCUT2D eigenvalue weighted by molar-refractivity contribution is 5.81. The molecule has 1 heterocycles. The lowest BCUT2D eigenvalue weighted by Crippen LogP contribution is -2.12. The Labute approximate surface area is 94.2 Å². The van der Waals surface area contributed by atoms with Gasteiger partial charge in [-0.2, -0.15) is 5.10 Å². The molecule has 0 amide bonds. The Morgan fingerprint density at radius 1 is 1.38 bits per heavy atom. The number of benzene rings is 1. The monoisotopic (exact) mass is 214 g/mol. The van der Waals surface area contributed by atoms with Gasteiger partial charge in [0.25, 0.3) is 0 Å². The first kappa shape index (κ1) is 10.4. The van der Waals surface area contributed by atoms with Gasteiger partial charge in [0.05, 0.1) is 11.5 Å². The largest absolute Gasteiger partial charge is 0.387 e. The van der Waals surface area contributed by atoms with Crippen LogP contribution in [0.15, 0.2) is 36.5 Å². The molecule has 82 valence electrons. The van der Waals surface area contributed by atoms with E-state index in [1.165, 1.54) is 0 Å². The summed E-state index contributed by atoms with van der Waals surface area (Å²) < 4.78 is 1.75. The van der Waals surface area contributed by atoms with Gasteiger partial charge in [0, 0.05) is 30.8 Å². The Morgan fingerprint density at radius 3 is 2.69 bits per heavy atom. The fourth-order valence-corrected chi connectivity index (χ4v) is 1.71. The van der Waals surface area contributed by atoms with E-state index in [4.69, 9.17) is 11.1 Å². The van der Waals surface area contributed by atoms with Crippen LogP contribution in [0, 0.1) is 5.41 Å². The second-order valence-corrected chi connectivity index (χ2v) is 3.74. The van der Waals surface area contributed by atoms with Crippen LogP contribution in [0.5, 0.6) is 0 Å². The van der Waals surface area contributed by atoms with E-state index in [9.17, 15) is 0 Å². The first-order valence-electron chi connectivity index (χ1n) is 5.07. The molecule has 0 spiro atoms.